The van der Waals surface area contributed by atoms with Crippen molar-refractivity contribution in [1.29, 1.82) is 0 Å². The second kappa shape index (κ2) is 8.14. The number of carbonyl (C=O) groups excluding carboxylic acids is 1. The lowest BCUT2D eigenvalue weighted by atomic mass is 10.1. The van der Waals surface area contributed by atoms with Crippen molar-refractivity contribution >= 4 is 26.8 Å². The first kappa shape index (κ1) is 18.8. The molecule has 140 valence electrons. The Morgan fingerprint density at radius 2 is 1.85 bits per heavy atom. The van der Waals surface area contributed by atoms with Gasteiger partial charge in [-0.2, -0.15) is 4.31 Å². The average Bonchev–Trinajstić information content (AvgIpc) is 2.89. The molecule has 0 bridgehead atoms. The third-order valence-corrected chi connectivity index (χ3v) is 6.71. The van der Waals surface area contributed by atoms with E-state index in [2.05, 4.69) is 10.3 Å². The van der Waals surface area contributed by atoms with Crippen molar-refractivity contribution in [3.05, 3.63) is 36.5 Å². The number of sulfonamides is 1. The molecule has 0 unspecified atom stereocenters. The maximum absolute atomic E-state index is 12.9. The molecule has 26 heavy (non-hydrogen) atoms. The highest BCUT2D eigenvalue weighted by molar-refractivity contribution is 7.89. The summed E-state index contributed by atoms with van der Waals surface area (Å²) in [4.78, 5) is 16.7. The van der Waals surface area contributed by atoms with Crippen LogP contribution in [0.25, 0.3) is 10.9 Å². The molecule has 1 aliphatic rings. The normalized spacial score (nSPS) is 16.5. The van der Waals surface area contributed by atoms with Gasteiger partial charge in [-0.25, -0.2) is 8.42 Å². The van der Waals surface area contributed by atoms with Crippen molar-refractivity contribution in [3.8, 4) is 0 Å². The van der Waals surface area contributed by atoms with Gasteiger partial charge in [0.15, 0.2) is 0 Å². The van der Waals surface area contributed by atoms with Gasteiger partial charge in [-0.05, 0) is 25.0 Å². The topological polar surface area (TPSA) is 79.4 Å². The van der Waals surface area contributed by atoms with Crippen LogP contribution in [0.15, 0.2) is 41.4 Å². The predicted octanol–water partition coefficient (Wildman–Crippen LogP) is 2.69. The Balaban J connectivity index is 1.73. The maximum Gasteiger partial charge on any atom is 0.245 e. The molecule has 0 spiro atoms. The van der Waals surface area contributed by atoms with E-state index in [-0.39, 0.29) is 23.4 Å². The van der Waals surface area contributed by atoms with E-state index >= 15 is 0 Å². The summed E-state index contributed by atoms with van der Waals surface area (Å²) in [5.41, 5.74) is 0.422. The molecule has 1 heterocycles. The predicted molar refractivity (Wildman–Crippen MR) is 101 cm³/mol. The molecule has 2 aromatic rings. The zero-order valence-corrected chi connectivity index (χ0v) is 15.8. The average molecular weight is 375 g/mol. The third kappa shape index (κ3) is 4.22. The minimum atomic E-state index is -3.80. The van der Waals surface area contributed by atoms with Crippen molar-refractivity contribution in [2.24, 2.45) is 0 Å². The van der Waals surface area contributed by atoms with Gasteiger partial charge in [-0.1, -0.05) is 43.9 Å². The molecule has 3 rings (SSSR count). The summed E-state index contributed by atoms with van der Waals surface area (Å²) in [7, 11) is -2.36. The highest BCUT2D eigenvalue weighted by atomic mass is 32.2. The number of nitrogens with one attached hydrogen (secondary N) is 1. The Hall–Kier alpha value is -1.99. The number of likely N-dealkylation sites (N-methyl/N-ethyl adjacent to an activating group) is 1. The van der Waals surface area contributed by atoms with Crippen LogP contribution in [0.3, 0.4) is 0 Å². The summed E-state index contributed by atoms with van der Waals surface area (Å²) in [5, 5.41) is 3.74. The monoisotopic (exact) mass is 375 g/mol. The van der Waals surface area contributed by atoms with E-state index in [0.29, 0.717) is 5.52 Å². The van der Waals surface area contributed by atoms with E-state index in [4.69, 9.17) is 0 Å². The number of aromatic nitrogens is 1. The smallest absolute Gasteiger partial charge is 0.245 e. The fourth-order valence-electron chi connectivity index (χ4n) is 3.44. The summed E-state index contributed by atoms with van der Waals surface area (Å²) >= 11 is 0. The first-order valence-electron chi connectivity index (χ1n) is 9.08. The summed E-state index contributed by atoms with van der Waals surface area (Å²) in [6.45, 7) is -0.192. The van der Waals surface area contributed by atoms with Crippen LogP contribution in [-0.4, -0.2) is 43.2 Å². The molecular formula is C19H25N3O3S. The van der Waals surface area contributed by atoms with E-state index in [1.165, 1.54) is 26.0 Å². The number of benzene rings is 1. The van der Waals surface area contributed by atoms with Gasteiger partial charge in [-0.15, -0.1) is 0 Å². The second-order valence-corrected chi connectivity index (χ2v) is 8.86. The van der Waals surface area contributed by atoms with E-state index in [9.17, 15) is 13.2 Å². The van der Waals surface area contributed by atoms with E-state index in [0.717, 1.165) is 35.4 Å². The van der Waals surface area contributed by atoms with Crippen LogP contribution in [0.1, 0.15) is 38.5 Å². The SMILES string of the molecule is CN(CC(=O)NC1CCCCCC1)S(=O)(=O)c1cccc2cccnc12. The fourth-order valence-corrected chi connectivity index (χ4v) is 4.72. The molecule has 1 saturated carbocycles. The lowest BCUT2D eigenvalue weighted by Gasteiger charge is -2.20. The maximum atomic E-state index is 12.9. The lowest BCUT2D eigenvalue weighted by Crippen LogP contribution is -2.42. The number of nitrogens with zero attached hydrogens (tertiary/aromatic N) is 2. The highest BCUT2D eigenvalue weighted by Crippen LogP contribution is 2.23. The minimum Gasteiger partial charge on any atom is -0.352 e. The van der Waals surface area contributed by atoms with Gasteiger partial charge in [0.1, 0.15) is 4.90 Å². The largest absolute Gasteiger partial charge is 0.352 e. The standard InChI is InChI=1S/C19H25N3O3S/c1-22(14-18(23)21-16-10-4-2-3-5-11-16)26(24,25)17-12-6-8-15-9-7-13-20-19(15)17/h6-9,12-13,16H,2-5,10-11,14H2,1H3,(H,21,23). The van der Waals surface area contributed by atoms with Crippen LogP contribution in [-0.2, 0) is 14.8 Å². The molecule has 0 saturated heterocycles. The molecule has 1 aromatic carbocycles. The molecule has 0 radical (unpaired) electrons. The second-order valence-electron chi connectivity index (χ2n) is 6.85. The van der Waals surface area contributed by atoms with E-state index in [1.54, 1.807) is 18.3 Å². The number of pyridine rings is 1. The van der Waals surface area contributed by atoms with Crippen LogP contribution in [0.5, 0.6) is 0 Å². The number of hydrogen-bond acceptors (Lipinski definition) is 4. The van der Waals surface area contributed by atoms with Crippen molar-refractivity contribution in [2.75, 3.05) is 13.6 Å². The van der Waals surface area contributed by atoms with Gasteiger partial charge in [0, 0.05) is 24.7 Å². The molecule has 7 heteroatoms. The summed E-state index contributed by atoms with van der Waals surface area (Å²) in [6.07, 6.45) is 8.13. The molecular weight excluding hydrogens is 350 g/mol. The quantitative estimate of drug-likeness (QED) is 0.815. The Kier molecular flexibility index (Phi) is 5.88. The van der Waals surface area contributed by atoms with Crippen LogP contribution >= 0.6 is 0 Å². The van der Waals surface area contributed by atoms with E-state index < -0.39 is 10.0 Å². The van der Waals surface area contributed by atoms with Crippen LogP contribution in [0.2, 0.25) is 0 Å². The number of amides is 1. The number of hydrogen-bond donors (Lipinski definition) is 1. The Morgan fingerprint density at radius 3 is 2.58 bits per heavy atom. The highest BCUT2D eigenvalue weighted by Gasteiger charge is 2.26. The zero-order chi connectivity index (χ0) is 18.6. The van der Waals surface area contributed by atoms with Crippen molar-refractivity contribution in [1.82, 2.24) is 14.6 Å². The molecule has 6 nitrogen and oxygen atoms in total. The lowest BCUT2D eigenvalue weighted by molar-refractivity contribution is -0.121. The molecule has 1 aliphatic carbocycles. The van der Waals surface area contributed by atoms with Crippen molar-refractivity contribution < 1.29 is 13.2 Å². The Morgan fingerprint density at radius 1 is 1.15 bits per heavy atom. The van der Waals surface area contributed by atoms with Crippen molar-refractivity contribution in [3.63, 3.8) is 0 Å². The summed E-state index contributed by atoms with van der Waals surface area (Å²) < 4.78 is 27.0. The third-order valence-electron chi connectivity index (χ3n) is 4.87. The molecule has 1 N–H and O–H groups in total. The zero-order valence-electron chi connectivity index (χ0n) is 15.0. The van der Waals surface area contributed by atoms with Gasteiger partial charge >= 0.3 is 0 Å². The van der Waals surface area contributed by atoms with Crippen molar-refractivity contribution in [2.45, 2.75) is 49.5 Å². The number of rotatable bonds is 5. The number of fused-ring (bicyclic) bond motifs is 1. The molecule has 0 aliphatic heterocycles. The van der Waals surface area contributed by atoms with Crippen LogP contribution in [0, 0.1) is 0 Å². The molecule has 1 fully saturated rings. The minimum absolute atomic E-state index is 0.125. The fraction of sp³-hybridized carbons (Fsp3) is 0.474. The van der Waals surface area contributed by atoms with Gasteiger partial charge in [0.2, 0.25) is 15.9 Å². The Bertz CT molecular complexity index is 869. The van der Waals surface area contributed by atoms with Gasteiger partial charge < -0.3 is 5.32 Å². The van der Waals surface area contributed by atoms with Gasteiger partial charge in [-0.3, -0.25) is 9.78 Å². The number of carbonyl (C=O) groups is 1. The van der Waals surface area contributed by atoms with Crippen LogP contribution in [0.4, 0.5) is 0 Å². The molecule has 1 amide bonds. The Labute approximate surface area is 154 Å². The van der Waals surface area contributed by atoms with Crippen LogP contribution < -0.4 is 5.32 Å². The molecule has 0 atom stereocenters. The van der Waals surface area contributed by atoms with E-state index in [1.807, 2.05) is 12.1 Å². The van der Waals surface area contributed by atoms with Gasteiger partial charge in [0.25, 0.3) is 0 Å². The summed E-state index contributed by atoms with van der Waals surface area (Å²) in [5.74, 6) is -0.254. The first-order valence-corrected chi connectivity index (χ1v) is 10.5. The van der Waals surface area contributed by atoms with Gasteiger partial charge in [0.05, 0.1) is 12.1 Å². The number of para-hydroxylation sites is 1. The summed E-state index contributed by atoms with van der Waals surface area (Å²) in [6, 6.07) is 8.78. The first-order chi connectivity index (χ1) is 12.5. The molecule has 1 aromatic heterocycles.